The van der Waals surface area contributed by atoms with E-state index in [0.717, 1.165) is 30.5 Å². The second-order valence-corrected chi connectivity index (χ2v) is 6.16. The Morgan fingerprint density at radius 3 is 2.43 bits per heavy atom. The molecule has 0 spiro atoms. The highest BCUT2D eigenvalue weighted by molar-refractivity contribution is 7.09. The fourth-order valence-corrected chi connectivity index (χ4v) is 2.93. The van der Waals surface area contributed by atoms with Crippen molar-refractivity contribution in [2.45, 2.75) is 33.2 Å². The summed E-state index contributed by atoms with van der Waals surface area (Å²) in [7, 11) is 0. The van der Waals surface area contributed by atoms with Crippen molar-refractivity contribution in [3.05, 3.63) is 5.82 Å². The first kappa shape index (κ1) is 18.1. The normalized spacial score (nSPS) is 16.8. The zero-order valence-corrected chi connectivity index (χ0v) is 14.4. The molecule has 0 saturated carbocycles. The zero-order valence-electron chi connectivity index (χ0n) is 12.8. The van der Waals surface area contributed by atoms with E-state index >= 15 is 0 Å². The second kappa shape index (κ2) is 7.91. The summed E-state index contributed by atoms with van der Waals surface area (Å²) in [5.74, 6) is 1.13. The van der Waals surface area contributed by atoms with Crippen LogP contribution in [0.4, 0.5) is 5.13 Å². The van der Waals surface area contributed by atoms with Crippen LogP contribution in [0, 0.1) is 5.92 Å². The monoisotopic (exact) mass is 333 g/mol. The molecular formula is C13H24ClN5OS. The Hall–Kier alpha value is -0.920. The van der Waals surface area contributed by atoms with Crippen molar-refractivity contribution in [3.8, 4) is 0 Å². The van der Waals surface area contributed by atoms with E-state index in [0.29, 0.717) is 13.1 Å². The Bertz CT molecular complexity index is 459. The standard InChI is InChI=1S/C13H23N5OS.ClH/c1-4-10-15-13(20-16-10)18-7-5-17(6-8-18)12(19)11(14)9(2)3;/h9,11H,4-8,14H2,1-3H3;1H/t11-;/m0./s1. The van der Waals surface area contributed by atoms with E-state index < -0.39 is 6.04 Å². The summed E-state index contributed by atoms with van der Waals surface area (Å²) in [5, 5.41) is 0.960. The van der Waals surface area contributed by atoms with Gasteiger partial charge in [-0.2, -0.15) is 4.37 Å². The number of hydrogen-bond acceptors (Lipinski definition) is 6. The average molecular weight is 334 g/mol. The molecule has 1 atom stereocenters. The minimum absolute atomic E-state index is 0. The molecule has 2 rings (SSSR count). The molecule has 1 aromatic rings. The molecule has 1 aromatic heterocycles. The van der Waals surface area contributed by atoms with E-state index in [1.165, 1.54) is 11.5 Å². The molecule has 1 amide bonds. The minimum atomic E-state index is -0.394. The lowest BCUT2D eigenvalue weighted by Crippen LogP contribution is -2.54. The highest BCUT2D eigenvalue weighted by Crippen LogP contribution is 2.19. The van der Waals surface area contributed by atoms with Crippen LogP contribution in [0.1, 0.15) is 26.6 Å². The predicted molar refractivity (Wildman–Crippen MR) is 88.1 cm³/mol. The summed E-state index contributed by atoms with van der Waals surface area (Å²) in [5.41, 5.74) is 5.93. The molecule has 6 nitrogen and oxygen atoms in total. The van der Waals surface area contributed by atoms with Gasteiger partial charge in [0.2, 0.25) is 11.0 Å². The third kappa shape index (κ3) is 4.28. The fourth-order valence-electron chi connectivity index (χ4n) is 2.13. The van der Waals surface area contributed by atoms with Gasteiger partial charge in [-0.3, -0.25) is 4.79 Å². The Balaban J connectivity index is 0.00000220. The van der Waals surface area contributed by atoms with Crippen molar-refractivity contribution in [3.63, 3.8) is 0 Å². The van der Waals surface area contributed by atoms with Crippen LogP contribution >= 0.6 is 23.9 Å². The van der Waals surface area contributed by atoms with Gasteiger partial charge in [0.15, 0.2) is 0 Å². The van der Waals surface area contributed by atoms with Crippen LogP contribution in [0.2, 0.25) is 0 Å². The lowest BCUT2D eigenvalue weighted by Gasteiger charge is -2.36. The largest absolute Gasteiger partial charge is 0.343 e. The van der Waals surface area contributed by atoms with Gasteiger partial charge in [-0.1, -0.05) is 20.8 Å². The van der Waals surface area contributed by atoms with Crippen LogP contribution in [0.15, 0.2) is 0 Å². The van der Waals surface area contributed by atoms with Crippen LogP contribution in [0.5, 0.6) is 0 Å². The number of anilines is 1. The maximum Gasteiger partial charge on any atom is 0.239 e. The Kier molecular flexibility index (Phi) is 6.83. The highest BCUT2D eigenvalue weighted by Gasteiger charge is 2.27. The first-order chi connectivity index (χ1) is 9.52. The molecule has 120 valence electrons. The molecule has 0 radical (unpaired) electrons. The smallest absolute Gasteiger partial charge is 0.239 e. The molecule has 1 saturated heterocycles. The molecule has 1 fully saturated rings. The SMILES string of the molecule is CCc1nsc(N2CCN(C(=O)[C@@H](N)C(C)C)CC2)n1.Cl. The van der Waals surface area contributed by atoms with Crippen molar-refractivity contribution < 1.29 is 4.79 Å². The molecule has 0 aliphatic carbocycles. The van der Waals surface area contributed by atoms with Gasteiger partial charge in [0.1, 0.15) is 5.82 Å². The van der Waals surface area contributed by atoms with E-state index in [1.807, 2.05) is 18.7 Å². The third-order valence-electron chi connectivity index (χ3n) is 3.64. The number of halogens is 1. The number of carbonyl (C=O) groups is 1. The minimum Gasteiger partial charge on any atom is -0.343 e. The number of carbonyl (C=O) groups excluding carboxylic acids is 1. The van der Waals surface area contributed by atoms with Gasteiger partial charge in [0.25, 0.3) is 0 Å². The Morgan fingerprint density at radius 2 is 1.95 bits per heavy atom. The summed E-state index contributed by atoms with van der Waals surface area (Å²) in [6.45, 7) is 9.03. The topological polar surface area (TPSA) is 75.4 Å². The van der Waals surface area contributed by atoms with Crippen LogP contribution < -0.4 is 10.6 Å². The van der Waals surface area contributed by atoms with E-state index in [4.69, 9.17) is 5.73 Å². The number of hydrogen-bond donors (Lipinski definition) is 1. The first-order valence-electron chi connectivity index (χ1n) is 7.14. The van der Waals surface area contributed by atoms with E-state index in [-0.39, 0.29) is 24.2 Å². The zero-order chi connectivity index (χ0) is 14.7. The molecule has 1 aliphatic heterocycles. The lowest BCUT2D eigenvalue weighted by atomic mass is 10.0. The van der Waals surface area contributed by atoms with Gasteiger partial charge in [-0.15, -0.1) is 12.4 Å². The quantitative estimate of drug-likeness (QED) is 0.894. The molecule has 0 bridgehead atoms. The molecule has 21 heavy (non-hydrogen) atoms. The molecule has 2 N–H and O–H groups in total. The first-order valence-corrected chi connectivity index (χ1v) is 7.92. The Labute approximate surface area is 136 Å². The number of nitrogens with two attached hydrogens (primary N) is 1. The highest BCUT2D eigenvalue weighted by atomic mass is 35.5. The molecule has 8 heteroatoms. The maximum atomic E-state index is 12.2. The van der Waals surface area contributed by atoms with Gasteiger partial charge in [0.05, 0.1) is 6.04 Å². The predicted octanol–water partition coefficient (Wildman–Crippen LogP) is 1.15. The number of nitrogens with zero attached hydrogens (tertiary/aromatic N) is 4. The summed E-state index contributed by atoms with van der Waals surface area (Å²) in [6.07, 6.45) is 0.859. The van der Waals surface area contributed by atoms with E-state index in [2.05, 4.69) is 21.2 Å². The third-order valence-corrected chi connectivity index (χ3v) is 4.45. The summed E-state index contributed by atoms with van der Waals surface area (Å²) in [6, 6.07) is -0.394. The maximum absolute atomic E-state index is 12.2. The van der Waals surface area contributed by atoms with Crippen molar-refractivity contribution in [1.29, 1.82) is 0 Å². The number of aryl methyl sites for hydroxylation is 1. The number of rotatable bonds is 4. The van der Waals surface area contributed by atoms with Crippen molar-refractivity contribution in [1.82, 2.24) is 14.3 Å². The van der Waals surface area contributed by atoms with Gasteiger partial charge >= 0.3 is 0 Å². The molecule has 1 aliphatic rings. The number of piperazine rings is 1. The second-order valence-electron chi connectivity index (χ2n) is 5.43. The molecular weight excluding hydrogens is 310 g/mol. The fraction of sp³-hybridized carbons (Fsp3) is 0.769. The van der Waals surface area contributed by atoms with E-state index in [9.17, 15) is 4.79 Å². The Morgan fingerprint density at radius 1 is 1.33 bits per heavy atom. The van der Waals surface area contributed by atoms with Crippen LogP contribution in [0.3, 0.4) is 0 Å². The van der Waals surface area contributed by atoms with Gasteiger partial charge in [-0.05, 0) is 5.92 Å². The molecule has 0 unspecified atom stereocenters. The summed E-state index contributed by atoms with van der Waals surface area (Å²) in [4.78, 5) is 20.7. The van der Waals surface area contributed by atoms with Gasteiger partial charge in [0, 0.05) is 44.1 Å². The number of amides is 1. The van der Waals surface area contributed by atoms with Crippen LogP contribution in [-0.2, 0) is 11.2 Å². The molecule has 2 heterocycles. The van der Waals surface area contributed by atoms with Gasteiger partial charge in [-0.25, -0.2) is 4.98 Å². The van der Waals surface area contributed by atoms with Crippen molar-refractivity contribution >= 4 is 35.0 Å². The molecule has 0 aromatic carbocycles. The lowest BCUT2D eigenvalue weighted by molar-refractivity contribution is -0.133. The number of aromatic nitrogens is 2. The van der Waals surface area contributed by atoms with E-state index in [1.54, 1.807) is 0 Å². The summed E-state index contributed by atoms with van der Waals surface area (Å²) < 4.78 is 4.30. The van der Waals surface area contributed by atoms with Crippen LogP contribution in [-0.4, -0.2) is 52.4 Å². The average Bonchev–Trinajstić information content (AvgIpc) is 2.94. The van der Waals surface area contributed by atoms with Crippen LogP contribution in [0.25, 0.3) is 0 Å². The van der Waals surface area contributed by atoms with Gasteiger partial charge < -0.3 is 15.5 Å². The van der Waals surface area contributed by atoms with Crippen molar-refractivity contribution in [2.75, 3.05) is 31.1 Å². The van der Waals surface area contributed by atoms with Crippen molar-refractivity contribution in [2.24, 2.45) is 11.7 Å². The summed E-state index contributed by atoms with van der Waals surface area (Å²) >= 11 is 1.44.